The molecule has 0 spiro atoms. The Morgan fingerprint density at radius 1 is 1.03 bits per heavy atom. The van der Waals surface area contributed by atoms with E-state index in [2.05, 4.69) is 34.1 Å². The lowest BCUT2D eigenvalue weighted by molar-refractivity contribution is -0.132. The Bertz CT molecular complexity index is 873. The zero-order valence-electron chi connectivity index (χ0n) is 18.9. The maximum Gasteiger partial charge on any atom is 0.236 e. The minimum Gasteiger partial charge on any atom is -0.497 e. The summed E-state index contributed by atoms with van der Waals surface area (Å²) in [6.07, 6.45) is 2.37. The molecule has 2 aromatic rings. The maximum absolute atomic E-state index is 12.8. The predicted molar refractivity (Wildman–Crippen MR) is 123 cm³/mol. The molecule has 0 saturated carbocycles. The Kier molecular flexibility index (Phi) is 7.43. The number of benzene rings is 2. The summed E-state index contributed by atoms with van der Waals surface area (Å²) in [6.45, 7) is 8.23. The average Bonchev–Trinajstić information content (AvgIpc) is 2.80. The zero-order chi connectivity index (χ0) is 21.6. The minimum atomic E-state index is 0.196. The van der Waals surface area contributed by atoms with Crippen molar-refractivity contribution in [2.75, 3.05) is 66.6 Å². The molecule has 0 unspecified atom stereocenters. The Balaban J connectivity index is 1.24. The Morgan fingerprint density at radius 2 is 1.74 bits per heavy atom. The number of methoxy groups -OCH3 is 1. The maximum atomic E-state index is 12.8. The second-order valence-electron chi connectivity index (χ2n) is 8.93. The normalized spacial score (nSPS) is 18.9. The van der Waals surface area contributed by atoms with Crippen LogP contribution in [-0.4, -0.2) is 87.2 Å². The highest BCUT2D eigenvalue weighted by atomic mass is 16.5. The van der Waals surface area contributed by atoms with Crippen LogP contribution in [0.5, 0.6) is 5.75 Å². The molecule has 0 radical (unpaired) electrons. The molecular weight excluding hydrogens is 390 g/mol. The van der Waals surface area contributed by atoms with Crippen LogP contribution < -0.4 is 4.74 Å². The molecule has 2 aromatic carbocycles. The van der Waals surface area contributed by atoms with Crippen LogP contribution in [0.15, 0.2) is 36.4 Å². The standard InChI is InChI=1S/C25H35N3O3/c1-26(17-21-3-4-23-16-24(30-2)6-5-22(23)15-21)25(29)19-27-9-7-20(8-10-27)18-28-11-13-31-14-12-28/h3-6,15-16,20H,7-14,17-19H2,1-2H3. The number of fused-ring (bicyclic) bond motifs is 1. The number of likely N-dealkylation sites (tertiary alicyclic amines) is 1. The van der Waals surface area contributed by atoms with Gasteiger partial charge in [-0.2, -0.15) is 0 Å². The summed E-state index contributed by atoms with van der Waals surface area (Å²) in [7, 11) is 3.59. The van der Waals surface area contributed by atoms with Crippen LogP contribution in [0.4, 0.5) is 0 Å². The Labute approximate surface area is 185 Å². The molecule has 0 atom stereocenters. The number of nitrogens with zero attached hydrogens (tertiary/aromatic N) is 3. The predicted octanol–water partition coefficient (Wildman–Crippen LogP) is 2.85. The SMILES string of the molecule is COc1ccc2cc(CN(C)C(=O)CN3CCC(CN4CCOCC4)CC3)ccc2c1. The summed E-state index contributed by atoms with van der Waals surface area (Å²) in [5.74, 6) is 1.81. The van der Waals surface area contributed by atoms with E-state index >= 15 is 0 Å². The fourth-order valence-electron chi connectivity index (χ4n) is 4.65. The molecule has 2 aliphatic heterocycles. The number of piperidine rings is 1. The van der Waals surface area contributed by atoms with Gasteiger partial charge in [-0.3, -0.25) is 14.6 Å². The van der Waals surface area contributed by atoms with Crippen molar-refractivity contribution in [3.63, 3.8) is 0 Å². The minimum absolute atomic E-state index is 0.196. The van der Waals surface area contributed by atoms with Crippen LogP contribution in [0.25, 0.3) is 10.8 Å². The van der Waals surface area contributed by atoms with E-state index in [9.17, 15) is 4.79 Å². The summed E-state index contributed by atoms with van der Waals surface area (Å²) in [6, 6.07) is 12.4. The first-order valence-corrected chi connectivity index (χ1v) is 11.4. The van der Waals surface area contributed by atoms with Crippen molar-refractivity contribution >= 4 is 16.7 Å². The first-order valence-electron chi connectivity index (χ1n) is 11.4. The van der Waals surface area contributed by atoms with E-state index in [4.69, 9.17) is 9.47 Å². The third-order valence-electron chi connectivity index (χ3n) is 6.64. The van der Waals surface area contributed by atoms with Crippen LogP contribution in [0.2, 0.25) is 0 Å². The van der Waals surface area contributed by atoms with E-state index in [0.29, 0.717) is 13.1 Å². The van der Waals surface area contributed by atoms with Gasteiger partial charge >= 0.3 is 0 Å². The van der Waals surface area contributed by atoms with Crippen molar-refractivity contribution in [1.29, 1.82) is 0 Å². The summed E-state index contributed by atoms with van der Waals surface area (Å²) in [5.41, 5.74) is 1.15. The fourth-order valence-corrected chi connectivity index (χ4v) is 4.65. The van der Waals surface area contributed by atoms with Gasteiger partial charge in [-0.05, 0) is 66.4 Å². The third kappa shape index (κ3) is 5.97. The van der Waals surface area contributed by atoms with Gasteiger partial charge in [-0.1, -0.05) is 18.2 Å². The highest BCUT2D eigenvalue weighted by Gasteiger charge is 2.24. The number of hydrogen-bond acceptors (Lipinski definition) is 5. The topological polar surface area (TPSA) is 45.2 Å². The molecule has 6 heteroatoms. The number of amides is 1. The number of rotatable bonds is 7. The molecule has 0 aromatic heterocycles. The molecule has 1 amide bonds. The molecule has 31 heavy (non-hydrogen) atoms. The summed E-state index contributed by atoms with van der Waals surface area (Å²) in [5, 5.41) is 2.32. The van der Waals surface area contributed by atoms with Crippen LogP contribution in [-0.2, 0) is 16.1 Å². The van der Waals surface area contributed by atoms with Crippen molar-refractivity contribution in [2.45, 2.75) is 19.4 Å². The molecule has 0 bridgehead atoms. The highest BCUT2D eigenvalue weighted by Crippen LogP contribution is 2.23. The van der Waals surface area contributed by atoms with E-state index in [1.807, 2.05) is 24.1 Å². The highest BCUT2D eigenvalue weighted by molar-refractivity contribution is 5.84. The number of ether oxygens (including phenoxy) is 2. The summed E-state index contributed by atoms with van der Waals surface area (Å²) < 4.78 is 10.7. The quantitative estimate of drug-likeness (QED) is 0.683. The number of hydrogen-bond donors (Lipinski definition) is 0. The molecular formula is C25H35N3O3. The van der Waals surface area contributed by atoms with Crippen molar-refractivity contribution in [2.24, 2.45) is 5.92 Å². The van der Waals surface area contributed by atoms with E-state index < -0.39 is 0 Å². The van der Waals surface area contributed by atoms with Gasteiger partial charge in [0.15, 0.2) is 0 Å². The van der Waals surface area contributed by atoms with Gasteiger partial charge < -0.3 is 14.4 Å². The van der Waals surface area contributed by atoms with Crippen molar-refractivity contribution in [3.05, 3.63) is 42.0 Å². The van der Waals surface area contributed by atoms with E-state index in [1.54, 1.807) is 7.11 Å². The zero-order valence-corrected chi connectivity index (χ0v) is 18.9. The number of carbonyl (C=O) groups is 1. The Hall–Kier alpha value is -2.15. The second-order valence-corrected chi connectivity index (χ2v) is 8.93. The lowest BCUT2D eigenvalue weighted by atomic mass is 9.96. The lowest BCUT2D eigenvalue weighted by Gasteiger charge is -2.36. The molecule has 168 valence electrons. The van der Waals surface area contributed by atoms with E-state index in [1.165, 1.54) is 24.8 Å². The van der Waals surface area contributed by atoms with Crippen molar-refractivity contribution in [3.8, 4) is 5.75 Å². The molecule has 0 N–H and O–H groups in total. The smallest absolute Gasteiger partial charge is 0.236 e. The first-order chi connectivity index (χ1) is 15.1. The lowest BCUT2D eigenvalue weighted by Crippen LogP contribution is -2.45. The van der Waals surface area contributed by atoms with Gasteiger partial charge in [-0.15, -0.1) is 0 Å². The number of carbonyl (C=O) groups excluding carboxylic acids is 1. The number of morpholine rings is 1. The van der Waals surface area contributed by atoms with Gasteiger partial charge in [0.1, 0.15) is 5.75 Å². The van der Waals surface area contributed by atoms with Crippen LogP contribution >= 0.6 is 0 Å². The van der Waals surface area contributed by atoms with Crippen molar-refractivity contribution in [1.82, 2.24) is 14.7 Å². The molecule has 2 heterocycles. The Morgan fingerprint density at radius 3 is 2.48 bits per heavy atom. The first kappa shape index (κ1) is 22.1. The molecule has 4 rings (SSSR count). The molecule has 2 fully saturated rings. The van der Waals surface area contributed by atoms with Gasteiger partial charge in [0.05, 0.1) is 26.9 Å². The van der Waals surface area contributed by atoms with Crippen LogP contribution in [0.3, 0.4) is 0 Å². The molecule has 6 nitrogen and oxygen atoms in total. The van der Waals surface area contributed by atoms with Crippen molar-refractivity contribution < 1.29 is 14.3 Å². The van der Waals surface area contributed by atoms with Gasteiger partial charge in [0.2, 0.25) is 5.91 Å². The van der Waals surface area contributed by atoms with Gasteiger partial charge in [0.25, 0.3) is 0 Å². The van der Waals surface area contributed by atoms with Crippen LogP contribution in [0, 0.1) is 5.92 Å². The fraction of sp³-hybridized carbons (Fsp3) is 0.560. The number of likely N-dealkylation sites (N-methyl/N-ethyl adjacent to an activating group) is 1. The van der Waals surface area contributed by atoms with Gasteiger partial charge in [-0.25, -0.2) is 0 Å². The summed E-state index contributed by atoms with van der Waals surface area (Å²) >= 11 is 0. The largest absolute Gasteiger partial charge is 0.497 e. The van der Waals surface area contributed by atoms with E-state index in [-0.39, 0.29) is 5.91 Å². The third-order valence-corrected chi connectivity index (χ3v) is 6.64. The van der Waals surface area contributed by atoms with Gasteiger partial charge in [0, 0.05) is 33.2 Å². The average molecular weight is 426 g/mol. The second kappa shape index (κ2) is 10.4. The molecule has 0 aliphatic carbocycles. The molecule has 2 aliphatic rings. The van der Waals surface area contributed by atoms with E-state index in [0.717, 1.165) is 62.0 Å². The molecule has 2 saturated heterocycles. The summed E-state index contributed by atoms with van der Waals surface area (Å²) in [4.78, 5) is 19.5. The monoisotopic (exact) mass is 425 g/mol. The van der Waals surface area contributed by atoms with Crippen LogP contribution in [0.1, 0.15) is 18.4 Å².